The number of nitrogens with one attached hydrogen (secondary N) is 1. The molecule has 2 N–H and O–H groups in total. The largest absolute Gasteiger partial charge is 0.497 e. The van der Waals surface area contributed by atoms with Gasteiger partial charge in [0.25, 0.3) is 5.56 Å². The van der Waals surface area contributed by atoms with Crippen LogP contribution in [0.2, 0.25) is 0 Å². The van der Waals surface area contributed by atoms with E-state index in [1.807, 2.05) is 0 Å². The highest BCUT2D eigenvalue weighted by atomic mass is 32.1. The van der Waals surface area contributed by atoms with E-state index in [1.54, 1.807) is 49.7 Å². The maximum atomic E-state index is 12.1. The zero-order valence-electron chi connectivity index (χ0n) is 12.2. The third kappa shape index (κ3) is 2.86. The number of allylic oxidation sites excluding steroid dienone is 2. The second-order valence-corrected chi connectivity index (χ2v) is 5.13. The Kier molecular flexibility index (Phi) is 3.94. The molecule has 0 saturated carbocycles. The summed E-state index contributed by atoms with van der Waals surface area (Å²) in [5.74, 6) is 0.355. The molecular weight excluding hydrogens is 314 g/mol. The van der Waals surface area contributed by atoms with Crippen molar-refractivity contribution in [2.24, 2.45) is 4.99 Å². The lowest BCUT2D eigenvalue weighted by Gasteiger charge is -2.12. The van der Waals surface area contributed by atoms with Crippen molar-refractivity contribution in [1.82, 2.24) is 9.55 Å². The van der Waals surface area contributed by atoms with Crippen molar-refractivity contribution in [3.63, 3.8) is 0 Å². The number of aromatic hydroxyl groups is 1. The predicted octanol–water partition coefficient (Wildman–Crippen LogP) is 2.59. The summed E-state index contributed by atoms with van der Waals surface area (Å²) < 4.78 is 6.64. The molecule has 0 unspecified atom stereocenters. The van der Waals surface area contributed by atoms with E-state index >= 15 is 0 Å². The van der Waals surface area contributed by atoms with Crippen LogP contribution in [0.15, 0.2) is 51.9 Å². The van der Waals surface area contributed by atoms with Gasteiger partial charge in [0.1, 0.15) is 11.3 Å². The molecule has 1 aromatic carbocycles. The highest BCUT2D eigenvalue weighted by Gasteiger charge is 2.13. The van der Waals surface area contributed by atoms with Crippen LogP contribution in [0.5, 0.6) is 11.6 Å². The SMILES string of the molecule is COc1cccc(-n2c(O)c(/C=C3\C=CC=N3)c(=O)[nH]c2=S)c1. The summed E-state index contributed by atoms with van der Waals surface area (Å²) >= 11 is 5.17. The van der Waals surface area contributed by atoms with Crippen molar-refractivity contribution in [1.29, 1.82) is 0 Å². The highest BCUT2D eigenvalue weighted by Crippen LogP contribution is 2.24. The fourth-order valence-electron chi connectivity index (χ4n) is 2.20. The summed E-state index contributed by atoms with van der Waals surface area (Å²) in [6, 6.07) is 7.00. The first-order valence-corrected chi connectivity index (χ1v) is 7.16. The van der Waals surface area contributed by atoms with Gasteiger partial charge in [-0.2, -0.15) is 0 Å². The smallest absolute Gasteiger partial charge is 0.262 e. The molecule has 2 heterocycles. The summed E-state index contributed by atoms with van der Waals surface area (Å²) in [5, 5.41) is 10.5. The van der Waals surface area contributed by atoms with Gasteiger partial charge < -0.3 is 9.84 Å². The zero-order chi connectivity index (χ0) is 16.4. The van der Waals surface area contributed by atoms with Gasteiger partial charge in [-0.05, 0) is 42.6 Å². The second-order valence-electron chi connectivity index (χ2n) is 4.74. The van der Waals surface area contributed by atoms with Crippen molar-refractivity contribution in [2.45, 2.75) is 0 Å². The molecule has 0 bridgehead atoms. The first-order chi connectivity index (χ1) is 11.1. The van der Waals surface area contributed by atoms with E-state index in [2.05, 4.69) is 9.98 Å². The van der Waals surface area contributed by atoms with E-state index in [0.29, 0.717) is 17.1 Å². The number of hydrogen-bond acceptors (Lipinski definition) is 5. The molecule has 0 saturated heterocycles. The van der Waals surface area contributed by atoms with Gasteiger partial charge >= 0.3 is 0 Å². The van der Waals surface area contributed by atoms with Crippen LogP contribution >= 0.6 is 12.2 Å². The summed E-state index contributed by atoms with van der Waals surface area (Å²) in [6.07, 6.45) is 6.58. The number of aliphatic imine (C=N–C) groups is 1. The minimum atomic E-state index is -0.477. The lowest BCUT2D eigenvalue weighted by atomic mass is 10.2. The predicted molar refractivity (Wildman–Crippen MR) is 91.0 cm³/mol. The van der Waals surface area contributed by atoms with E-state index in [-0.39, 0.29) is 16.2 Å². The van der Waals surface area contributed by atoms with Crippen LogP contribution in [-0.4, -0.2) is 28.0 Å². The molecule has 0 atom stereocenters. The molecule has 0 spiro atoms. The van der Waals surface area contributed by atoms with Crippen LogP contribution in [0, 0.1) is 4.77 Å². The van der Waals surface area contributed by atoms with E-state index in [0.717, 1.165) is 0 Å². The number of rotatable bonds is 3. The maximum Gasteiger partial charge on any atom is 0.262 e. The molecule has 1 aliphatic heterocycles. The average Bonchev–Trinajstić information content (AvgIpc) is 3.04. The van der Waals surface area contributed by atoms with Gasteiger partial charge in [0.05, 0.1) is 18.5 Å². The van der Waals surface area contributed by atoms with Crippen molar-refractivity contribution in [3.05, 3.63) is 62.8 Å². The quantitative estimate of drug-likeness (QED) is 0.849. The number of H-pyrrole nitrogens is 1. The third-order valence-electron chi connectivity index (χ3n) is 3.30. The van der Waals surface area contributed by atoms with Gasteiger partial charge in [-0.15, -0.1) is 0 Å². The molecule has 23 heavy (non-hydrogen) atoms. The Morgan fingerprint density at radius 1 is 1.43 bits per heavy atom. The Labute approximate surface area is 136 Å². The van der Waals surface area contributed by atoms with Crippen LogP contribution < -0.4 is 10.3 Å². The molecule has 2 aromatic rings. The molecule has 0 fully saturated rings. The first kappa shape index (κ1) is 15.0. The molecule has 0 aliphatic carbocycles. The first-order valence-electron chi connectivity index (χ1n) is 6.75. The fourth-order valence-corrected chi connectivity index (χ4v) is 2.49. The fraction of sp³-hybridized carbons (Fsp3) is 0.0625. The number of nitrogens with zero attached hydrogens (tertiary/aromatic N) is 2. The van der Waals surface area contributed by atoms with E-state index < -0.39 is 5.56 Å². The lowest BCUT2D eigenvalue weighted by Crippen LogP contribution is -2.16. The molecular formula is C16H13N3O3S. The molecule has 6 nitrogen and oxygen atoms in total. The number of aromatic nitrogens is 2. The molecule has 0 amide bonds. The van der Waals surface area contributed by atoms with Gasteiger partial charge in [-0.3, -0.25) is 19.3 Å². The van der Waals surface area contributed by atoms with Crippen LogP contribution in [0.4, 0.5) is 0 Å². The monoisotopic (exact) mass is 327 g/mol. The second kappa shape index (κ2) is 6.05. The Bertz CT molecular complexity index is 953. The number of ether oxygens (including phenoxy) is 1. The topological polar surface area (TPSA) is 79.6 Å². The molecule has 7 heteroatoms. The zero-order valence-corrected chi connectivity index (χ0v) is 13.0. The number of methoxy groups -OCH3 is 1. The summed E-state index contributed by atoms with van der Waals surface area (Å²) in [6.45, 7) is 0. The highest BCUT2D eigenvalue weighted by molar-refractivity contribution is 7.71. The van der Waals surface area contributed by atoms with Crippen molar-refractivity contribution < 1.29 is 9.84 Å². The van der Waals surface area contributed by atoms with E-state index in [1.165, 1.54) is 10.6 Å². The molecule has 1 aromatic heterocycles. The number of aromatic amines is 1. The van der Waals surface area contributed by atoms with Crippen LogP contribution in [0.25, 0.3) is 11.8 Å². The van der Waals surface area contributed by atoms with Crippen molar-refractivity contribution in [2.75, 3.05) is 7.11 Å². The van der Waals surface area contributed by atoms with E-state index in [4.69, 9.17) is 17.0 Å². The average molecular weight is 327 g/mol. The summed E-state index contributed by atoms with van der Waals surface area (Å²) in [7, 11) is 1.55. The lowest BCUT2D eigenvalue weighted by molar-refractivity contribution is 0.413. The third-order valence-corrected chi connectivity index (χ3v) is 3.59. The maximum absolute atomic E-state index is 12.1. The minimum absolute atomic E-state index is 0.0834. The van der Waals surface area contributed by atoms with Crippen LogP contribution in [0.1, 0.15) is 5.56 Å². The molecule has 0 radical (unpaired) electrons. The Balaban J connectivity index is 2.23. The van der Waals surface area contributed by atoms with Gasteiger partial charge in [-0.25, -0.2) is 0 Å². The standard InChI is InChI=1S/C16H13N3O3S/c1-22-12-6-2-5-11(9-12)19-15(21)13(14(20)18-16(19)23)8-10-4-3-7-17-10/h2-9,21H,1H3,(H,18,20,23)/b10-8+. The number of hydrogen-bond donors (Lipinski definition) is 2. The number of benzene rings is 1. The van der Waals surface area contributed by atoms with E-state index in [9.17, 15) is 9.90 Å². The Hall–Kier alpha value is -2.93. The van der Waals surface area contributed by atoms with Gasteiger partial charge in [0.2, 0.25) is 5.88 Å². The van der Waals surface area contributed by atoms with Crippen LogP contribution in [-0.2, 0) is 0 Å². The van der Waals surface area contributed by atoms with Crippen molar-refractivity contribution >= 4 is 24.5 Å². The Morgan fingerprint density at radius 3 is 2.96 bits per heavy atom. The summed E-state index contributed by atoms with van der Waals surface area (Å²) in [5.41, 5.74) is 0.753. The Morgan fingerprint density at radius 2 is 2.26 bits per heavy atom. The van der Waals surface area contributed by atoms with Gasteiger partial charge in [0.15, 0.2) is 4.77 Å². The molecule has 1 aliphatic rings. The summed E-state index contributed by atoms with van der Waals surface area (Å²) in [4.78, 5) is 18.7. The minimum Gasteiger partial charge on any atom is -0.497 e. The van der Waals surface area contributed by atoms with Crippen LogP contribution in [0.3, 0.4) is 0 Å². The molecule has 116 valence electrons. The normalized spacial score (nSPS) is 14.6. The molecule has 3 rings (SSSR count). The van der Waals surface area contributed by atoms with Crippen molar-refractivity contribution in [3.8, 4) is 17.3 Å². The van der Waals surface area contributed by atoms with Gasteiger partial charge in [-0.1, -0.05) is 6.07 Å². The van der Waals surface area contributed by atoms with Gasteiger partial charge in [0, 0.05) is 12.3 Å².